The van der Waals surface area contributed by atoms with E-state index in [0.29, 0.717) is 42.9 Å². The lowest BCUT2D eigenvalue weighted by molar-refractivity contribution is -0.121. The molecule has 0 unspecified atom stereocenters. The SMILES string of the molecule is Cn1c(C(=O)NCc2ccc(F)cc2F)nc2c(N3CCC4(CC3)C(=O)Nc3ccccc34)ncnc21. The van der Waals surface area contributed by atoms with E-state index >= 15 is 0 Å². The van der Waals surface area contributed by atoms with E-state index < -0.39 is 23.0 Å². The molecule has 6 rings (SSSR count). The topological polar surface area (TPSA) is 105 Å². The van der Waals surface area contributed by atoms with Crippen LogP contribution in [-0.2, 0) is 23.8 Å². The quantitative estimate of drug-likeness (QED) is 0.444. The number of imidazole rings is 1. The molecule has 4 aromatic rings. The van der Waals surface area contributed by atoms with Crippen molar-refractivity contribution in [2.75, 3.05) is 23.3 Å². The second kappa shape index (κ2) is 8.61. The number of benzene rings is 2. The van der Waals surface area contributed by atoms with E-state index in [0.717, 1.165) is 23.4 Å². The van der Waals surface area contributed by atoms with Gasteiger partial charge in [0.15, 0.2) is 17.0 Å². The molecule has 2 aromatic heterocycles. The Morgan fingerprint density at radius 1 is 1.14 bits per heavy atom. The van der Waals surface area contributed by atoms with Crippen LogP contribution in [0, 0.1) is 11.6 Å². The molecule has 0 radical (unpaired) electrons. The molecule has 2 amide bonds. The van der Waals surface area contributed by atoms with Crippen molar-refractivity contribution in [2.24, 2.45) is 7.05 Å². The van der Waals surface area contributed by atoms with Crippen molar-refractivity contribution in [3.8, 4) is 0 Å². The van der Waals surface area contributed by atoms with Gasteiger partial charge in [-0.15, -0.1) is 0 Å². The summed E-state index contributed by atoms with van der Waals surface area (Å²) in [5, 5.41) is 5.64. The van der Waals surface area contributed by atoms with Crippen LogP contribution < -0.4 is 15.5 Å². The molecule has 0 aliphatic carbocycles. The van der Waals surface area contributed by atoms with E-state index in [1.54, 1.807) is 11.6 Å². The van der Waals surface area contributed by atoms with Crippen LogP contribution in [0.15, 0.2) is 48.8 Å². The first kappa shape index (κ1) is 23.0. The number of rotatable bonds is 4. The van der Waals surface area contributed by atoms with Crippen LogP contribution in [0.5, 0.6) is 0 Å². The molecule has 188 valence electrons. The van der Waals surface area contributed by atoms with Crippen LogP contribution >= 0.6 is 0 Å². The molecule has 11 heteroatoms. The third kappa shape index (κ3) is 3.69. The van der Waals surface area contributed by atoms with Gasteiger partial charge in [0, 0.05) is 44.0 Å². The molecular formula is C26H23F2N7O2. The summed E-state index contributed by atoms with van der Waals surface area (Å²) in [5.41, 5.74) is 2.44. The highest BCUT2D eigenvalue weighted by Crippen LogP contribution is 2.45. The Hall–Kier alpha value is -4.41. The maximum atomic E-state index is 14.0. The molecule has 2 aliphatic heterocycles. The lowest BCUT2D eigenvalue weighted by Crippen LogP contribution is -2.46. The number of para-hydroxylation sites is 1. The number of amides is 2. The van der Waals surface area contributed by atoms with E-state index in [-0.39, 0.29) is 23.8 Å². The minimum atomic E-state index is -0.736. The maximum Gasteiger partial charge on any atom is 0.287 e. The summed E-state index contributed by atoms with van der Waals surface area (Å²) < 4.78 is 28.7. The van der Waals surface area contributed by atoms with Crippen LogP contribution in [0.1, 0.15) is 34.6 Å². The molecule has 0 atom stereocenters. The van der Waals surface area contributed by atoms with Crippen molar-refractivity contribution >= 4 is 34.5 Å². The molecule has 2 aliphatic rings. The number of anilines is 2. The van der Waals surface area contributed by atoms with Crippen LogP contribution in [0.2, 0.25) is 0 Å². The van der Waals surface area contributed by atoms with Gasteiger partial charge in [-0.3, -0.25) is 9.59 Å². The summed E-state index contributed by atoms with van der Waals surface area (Å²) in [6, 6.07) is 11.0. The molecule has 2 aromatic carbocycles. The smallest absolute Gasteiger partial charge is 0.287 e. The first-order chi connectivity index (χ1) is 17.9. The molecular weight excluding hydrogens is 480 g/mol. The number of carbonyl (C=O) groups is 2. The van der Waals surface area contributed by atoms with Gasteiger partial charge in [-0.05, 0) is 30.5 Å². The zero-order valence-corrected chi connectivity index (χ0v) is 20.0. The van der Waals surface area contributed by atoms with Gasteiger partial charge in [-0.1, -0.05) is 24.3 Å². The number of nitrogens with one attached hydrogen (secondary N) is 2. The van der Waals surface area contributed by atoms with Gasteiger partial charge in [0.1, 0.15) is 18.0 Å². The van der Waals surface area contributed by atoms with Gasteiger partial charge in [0.2, 0.25) is 11.7 Å². The van der Waals surface area contributed by atoms with Crippen molar-refractivity contribution in [3.05, 3.63) is 77.4 Å². The molecule has 0 saturated carbocycles. The van der Waals surface area contributed by atoms with Crippen molar-refractivity contribution in [1.29, 1.82) is 0 Å². The van der Waals surface area contributed by atoms with Crippen molar-refractivity contribution in [3.63, 3.8) is 0 Å². The molecule has 2 N–H and O–H groups in total. The number of piperidine rings is 1. The highest BCUT2D eigenvalue weighted by Gasteiger charge is 2.48. The predicted octanol–water partition coefficient (Wildman–Crippen LogP) is 3.06. The van der Waals surface area contributed by atoms with E-state index in [4.69, 9.17) is 0 Å². The Kier molecular flexibility index (Phi) is 5.36. The first-order valence-electron chi connectivity index (χ1n) is 11.9. The van der Waals surface area contributed by atoms with E-state index in [1.165, 1.54) is 12.4 Å². The van der Waals surface area contributed by atoms with Gasteiger partial charge in [0.25, 0.3) is 5.91 Å². The van der Waals surface area contributed by atoms with Crippen LogP contribution in [0.4, 0.5) is 20.3 Å². The summed E-state index contributed by atoms with van der Waals surface area (Å²) in [7, 11) is 1.67. The Balaban J connectivity index is 1.24. The third-order valence-corrected chi connectivity index (χ3v) is 7.34. The fourth-order valence-corrected chi connectivity index (χ4v) is 5.31. The van der Waals surface area contributed by atoms with E-state index in [1.807, 2.05) is 24.3 Å². The van der Waals surface area contributed by atoms with E-state index in [9.17, 15) is 18.4 Å². The van der Waals surface area contributed by atoms with Gasteiger partial charge in [-0.2, -0.15) is 0 Å². The number of aromatic nitrogens is 4. The summed E-state index contributed by atoms with van der Waals surface area (Å²) in [5.74, 6) is -1.24. The minimum Gasteiger partial charge on any atom is -0.355 e. The summed E-state index contributed by atoms with van der Waals surface area (Å²) in [6.45, 7) is 1.04. The van der Waals surface area contributed by atoms with Crippen molar-refractivity contribution in [1.82, 2.24) is 24.8 Å². The highest BCUT2D eigenvalue weighted by molar-refractivity contribution is 6.06. The third-order valence-electron chi connectivity index (χ3n) is 7.34. The molecule has 37 heavy (non-hydrogen) atoms. The number of carbonyl (C=O) groups excluding carboxylic acids is 2. The monoisotopic (exact) mass is 503 g/mol. The molecule has 0 bridgehead atoms. The average Bonchev–Trinajstić information content (AvgIpc) is 3.38. The maximum absolute atomic E-state index is 14.0. The average molecular weight is 504 g/mol. The van der Waals surface area contributed by atoms with Gasteiger partial charge in [0.05, 0.1) is 5.41 Å². The Morgan fingerprint density at radius 2 is 1.92 bits per heavy atom. The van der Waals surface area contributed by atoms with Crippen molar-refractivity contribution < 1.29 is 18.4 Å². The number of fused-ring (bicyclic) bond motifs is 3. The number of nitrogens with zero attached hydrogens (tertiary/aromatic N) is 5. The number of hydrogen-bond acceptors (Lipinski definition) is 6. The van der Waals surface area contributed by atoms with Crippen LogP contribution in [-0.4, -0.2) is 44.4 Å². The fourth-order valence-electron chi connectivity index (χ4n) is 5.31. The Morgan fingerprint density at radius 3 is 2.70 bits per heavy atom. The predicted molar refractivity (Wildman–Crippen MR) is 132 cm³/mol. The summed E-state index contributed by atoms with van der Waals surface area (Å²) in [6.07, 6.45) is 2.66. The number of halogens is 2. The second-order valence-corrected chi connectivity index (χ2v) is 9.35. The van der Waals surface area contributed by atoms with Crippen LogP contribution in [0.25, 0.3) is 11.2 Å². The standard InChI is InChI=1S/C26H23F2N7O2/c1-34-21-20(33-23(34)24(36)29-13-15-6-7-16(27)12-18(15)28)22(31-14-30-21)35-10-8-26(9-11-35)17-4-2-3-5-19(17)32-25(26)37/h2-7,12,14H,8-11,13H2,1H3,(H,29,36)(H,32,37). The molecule has 4 heterocycles. The summed E-state index contributed by atoms with van der Waals surface area (Å²) >= 11 is 0. The lowest BCUT2D eigenvalue weighted by atomic mass is 9.73. The summed E-state index contributed by atoms with van der Waals surface area (Å²) in [4.78, 5) is 41.2. The van der Waals surface area contributed by atoms with Gasteiger partial charge in [-0.25, -0.2) is 23.7 Å². The fraction of sp³-hybridized carbons (Fsp3) is 0.269. The Bertz CT molecular complexity index is 1560. The highest BCUT2D eigenvalue weighted by atomic mass is 19.1. The zero-order chi connectivity index (χ0) is 25.7. The first-order valence-corrected chi connectivity index (χ1v) is 11.9. The van der Waals surface area contributed by atoms with Gasteiger partial charge < -0.3 is 20.1 Å². The molecule has 9 nitrogen and oxygen atoms in total. The lowest BCUT2D eigenvalue weighted by Gasteiger charge is -2.38. The Labute approximate surface area is 210 Å². The van der Waals surface area contributed by atoms with Crippen molar-refractivity contribution in [2.45, 2.75) is 24.8 Å². The zero-order valence-electron chi connectivity index (χ0n) is 20.0. The number of hydrogen-bond donors (Lipinski definition) is 2. The van der Waals surface area contributed by atoms with Crippen LogP contribution in [0.3, 0.4) is 0 Å². The largest absolute Gasteiger partial charge is 0.355 e. The van der Waals surface area contributed by atoms with E-state index in [2.05, 4.69) is 30.5 Å². The molecule has 1 spiro atoms. The molecule has 1 fully saturated rings. The molecule has 1 saturated heterocycles. The van der Waals surface area contributed by atoms with Gasteiger partial charge >= 0.3 is 0 Å². The normalized spacial score (nSPS) is 16.2. The number of aryl methyl sites for hydroxylation is 1. The minimum absolute atomic E-state index is 0.0237. The second-order valence-electron chi connectivity index (χ2n) is 9.35.